The van der Waals surface area contributed by atoms with Crippen molar-refractivity contribution in [2.75, 3.05) is 13.1 Å². The Bertz CT molecular complexity index is 1340. The number of nitrogens with zero attached hydrogens (tertiary/aromatic N) is 3. The smallest absolute Gasteiger partial charge is 0.410 e. The molecule has 2 aromatic carbocycles. The average Bonchev–Trinajstić information content (AvgIpc) is 2.89. The second-order valence-electron chi connectivity index (χ2n) is 9.14. The molecule has 5 rings (SSSR count). The molecule has 0 radical (unpaired) electrons. The van der Waals surface area contributed by atoms with Crippen LogP contribution in [0.2, 0.25) is 0 Å². The van der Waals surface area contributed by atoms with Gasteiger partial charge >= 0.3 is 6.09 Å². The third-order valence-electron chi connectivity index (χ3n) is 6.56. The van der Waals surface area contributed by atoms with Crippen LogP contribution in [0.15, 0.2) is 59.4 Å². The standard InChI is InChI=1S/C26H25FN4O5/c27-20-8-6-16(7-9-20)11-28-24(33)21-22(32)25(34)31-13-18-10-19(23(31)29-21)14-30(12-18)26(35)36-15-17-4-2-1-3-5-17/h1-9,18-19,32H,10-15H2,(H,28,33)/t18-,19-/m1/s1. The Morgan fingerprint density at radius 3 is 2.56 bits per heavy atom. The Morgan fingerprint density at radius 1 is 1.06 bits per heavy atom. The Kier molecular flexibility index (Phi) is 6.41. The molecule has 36 heavy (non-hydrogen) atoms. The maximum Gasteiger partial charge on any atom is 0.410 e. The summed E-state index contributed by atoms with van der Waals surface area (Å²) in [6, 6.07) is 15.0. The summed E-state index contributed by atoms with van der Waals surface area (Å²) in [5.74, 6) is -1.74. The maximum absolute atomic E-state index is 13.1. The van der Waals surface area contributed by atoms with Gasteiger partial charge in [-0.25, -0.2) is 14.2 Å². The molecule has 0 unspecified atom stereocenters. The summed E-state index contributed by atoms with van der Waals surface area (Å²) in [6.45, 7) is 1.23. The molecule has 0 aliphatic carbocycles. The number of aromatic hydroxyl groups is 1. The van der Waals surface area contributed by atoms with Crippen LogP contribution < -0.4 is 10.9 Å². The Morgan fingerprint density at radius 2 is 1.81 bits per heavy atom. The molecule has 9 nitrogen and oxygen atoms in total. The monoisotopic (exact) mass is 492 g/mol. The molecule has 0 spiro atoms. The zero-order chi connectivity index (χ0) is 25.2. The summed E-state index contributed by atoms with van der Waals surface area (Å²) in [5.41, 5.74) is 0.490. The lowest BCUT2D eigenvalue weighted by Gasteiger charge is -2.41. The summed E-state index contributed by atoms with van der Waals surface area (Å²) in [7, 11) is 0. The topological polar surface area (TPSA) is 114 Å². The van der Waals surface area contributed by atoms with Gasteiger partial charge in [-0.15, -0.1) is 0 Å². The molecule has 186 valence electrons. The fraction of sp³-hybridized carbons (Fsp3) is 0.308. The number of aromatic nitrogens is 2. The van der Waals surface area contributed by atoms with Crippen molar-refractivity contribution in [3.05, 3.63) is 93.4 Å². The summed E-state index contributed by atoms with van der Waals surface area (Å²) in [4.78, 5) is 44.4. The first-order valence-corrected chi connectivity index (χ1v) is 11.7. The van der Waals surface area contributed by atoms with Gasteiger partial charge in [0, 0.05) is 32.1 Å². The molecule has 2 bridgehead atoms. The van der Waals surface area contributed by atoms with Gasteiger partial charge in [-0.3, -0.25) is 14.2 Å². The van der Waals surface area contributed by atoms with Crippen molar-refractivity contribution in [1.29, 1.82) is 0 Å². The molecule has 1 fully saturated rings. The molecule has 2 aliphatic rings. The predicted molar refractivity (Wildman–Crippen MR) is 127 cm³/mol. The van der Waals surface area contributed by atoms with Gasteiger partial charge in [0.15, 0.2) is 5.69 Å². The first-order chi connectivity index (χ1) is 17.4. The fourth-order valence-electron chi connectivity index (χ4n) is 4.82. The number of amides is 2. The van der Waals surface area contributed by atoms with Gasteiger partial charge in [-0.05, 0) is 35.6 Å². The number of piperidine rings is 1. The summed E-state index contributed by atoms with van der Waals surface area (Å²) in [6.07, 6.45) is 0.261. The highest BCUT2D eigenvalue weighted by Gasteiger charge is 2.39. The van der Waals surface area contributed by atoms with Gasteiger partial charge in [0.05, 0.1) is 0 Å². The van der Waals surface area contributed by atoms with Crippen LogP contribution in [0.4, 0.5) is 9.18 Å². The highest BCUT2D eigenvalue weighted by Crippen LogP contribution is 2.35. The fourth-order valence-corrected chi connectivity index (χ4v) is 4.82. The molecule has 0 saturated carbocycles. The molecule has 2 aliphatic heterocycles. The third kappa shape index (κ3) is 4.79. The van der Waals surface area contributed by atoms with Gasteiger partial charge < -0.3 is 20.1 Å². The number of likely N-dealkylation sites (tertiary alicyclic amines) is 1. The molecule has 2 N–H and O–H groups in total. The van der Waals surface area contributed by atoms with E-state index in [1.165, 1.54) is 28.8 Å². The lowest BCUT2D eigenvalue weighted by Crippen LogP contribution is -2.50. The van der Waals surface area contributed by atoms with Gasteiger partial charge in [-0.2, -0.15) is 0 Å². The van der Waals surface area contributed by atoms with Gasteiger partial charge in [0.25, 0.3) is 11.5 Å². The van der Waals surface area contributed by atoms with Crippen LogP contribution in [-0.2, 0) is 24.4 Å². The third-order valence-corrected chi connectivity index (χ3v) is 6.56. The van der Waals surface area contributed by atoms with E-state index < -0.39 is 29.1 Å². The second-order valence-corrected chi connectivity index (χ2v) is 9.14. The van der Waals surface area contributed by atoms with Crippen molar-refractivity contribution >= 4 is 12.0 Å². The van der Waals surface area contributed by atoms with Crippen LogP contribution in [0.5, 0.6) is 5.75 Å². The Balaban J connectivity index is 1.31. The maximum atomic E-state index is 13.1. The summed E-state index contributed by atoms with van der Waals surface area (Å²) in [5, 5.41) is 13.1. The van der Waals surface area contributed by atoms with E-state index in [-0.39, 0.29) is 43.8 Å². The summed E-state index contributed by atoms with van der Waals surface area (Å²) < 4.78 is 20.0. The quantitative estimate of drug-likeness (QED) is 0.566. The number of rotatable bonds is 5. The largest absolute Gasteiger partial charge is 0.501 e. The zero-order valence-electron chi connectivity index (χ0n) is 19.4. The molecule has 10 heteroatoms. The Labute approximate surface area is 206 Å². The molecule has 3 aromatic rings. The van der Waals surface area contributed by atoms with E-state index in [2.05, 4.69) is 10.3 Å². The number of nitrogens with one attached hydrogen (secondary N) is 1. The minimum Gasteiger partial charge on any atom is -0.501 e. The number of hydrogen-bond acceptors (Lipinski definition) is 6. The van der Waals surface area contributed by atoms with Crippen LogP contribution >= 0.6 is 0 Å². The van der Waals surface area contributed by atoms with Crippen LogP contribution in [-0.4, -0.2) is 44.6 Å². The molecule has 3 heterocycles. The predicted octanol–water partition coefficient (Wildman–Crippen LogP) is 2.77. The Hall–Kier alpha value is -4.21. The molecule has 2 atom stereocenters. The van der Waals surface area contributed by atoms with Crippen LogP contribution in [0.1, 0.15) is 39.8 Å². The van der Waals surface area contributed by atoms with E-state index in [1.807, 2.05) is 30.3 Å². The first kappa shape index (κ1) is 23.5. The van der Waals surface area contributed by atoms with Gasteiger partial charge in [0.1, 0.15) is 18.2 Å². The molecule has 1 aromatic heterocycles. The minimum absolute atomic E-state index is 0.00224. The molecular formula is C26H25FN4O5. The average molecular weight is 493 g/mol. The van der Waals surface area contributed by atoms with E-state index in [0.717, 1.165) is 5.56 Å². The van der Waals surface area contributed by atoms with Gasteiger partial charge in [0.2, 0.25) is 5.75 Å². The van der Waals surface area contributed by atoms with Crippen molar-refractivity contribution in [3.63, 3.8) is 0 Å². The van der Waals surface area contributed by atoms with Crippen LogP contribution in [0.25, 0.3) is 0 Å². The van der Waals surface area contributed by atoms with Crippen LogP contribution in [0, 0.1) is 11.7 Å². The number of fused-ring (bicyclic) bond motifs is 4. The highest BCUT2D eigenvalue weighted by molar-refractivity contribution is 5.94. The van der Waals surface area contributed by atoms with Crippen LogP contribution in [0.3, 0.4) is 0 Å². The molecular weight excluding hydrogens is 467 g/mol. The van der Waals surface area contributed by atoms with E-state index >= 15 is 0 Å². The van der Waals surface area contributed by atoms with E-state index in [0.29, 0.717) is 24.4 Å². The second kappa shape index (κ2) is 9.80. The lowest BCUT2D eigenvalue weighted by molar-refractivity contribution is 0.0629. The number of carbonyl (C=O) groups is 2. The molecule has 2 amide bonds. The molecule has 1 saturated heterocycles. The SMILES string of the molecule is O=C(NCc1ccc(F)cc1)c1nc2n(c(=O)c1O)C[C@@H]1C[C@@H]2CN(C(=O)OCc2ccccc2)C1. The number of hydrogen-bond donors (Lipinski definition) is 2. The van der Waals surface area contributed by atoms with E-state index in [9.17, 15) is 23.9 Å². The van der Waals surface area contributed by atoms with Gasteiger partial charge in [-0.1, -0.05) is 42.5 Å². The summed E-state index contributed by atoms with van der Waals surface area (Å²) >= 11 is 0. The minimum atomic E-state index is -0.714. The number of carbonyl (C=O) groups excluding carboxylic acids is 2. The van der Waals surface area contributed by atoms with Crippen molar-refractivity contribution in [3.8, 4) is 5.75 Å². The van der Waals surface area contributed by atoms with E-state index in [4.69, 9.17) is 4.74 Å². The normalized spacial score (nSPS) is 18.3. The van der Waals surface area contributed by atoms with Crippen molar-refractivity contribution in [2.45, 2.75) is 32.0 Å². The lowest BCUT2D eigenvalue weighted by atomic mass is 9.85. The zero-order valence-corrected chi connectivity index (χ0v) is 19.4. The number of halogens is 1. The van der Waals surface area contributed by atoms with Crippen molar-refractivity contribution in [2.24, 2.45) is 5.92 Å². The van der Waals surface area contributed by atoms with E-state index in [1.54, 1.807) is 4.90 Å². The highest BCUT2D eigenvalue weighted by atomic mass is 19.1. The first-order valence-electron chi connectivity index (χ1n) is 11.7. The van der Waals surface area contributed by atoms with Crippen molar-refractivity contribution < 1.29 is 23.8 Å². The number of benzene rings is 2. The number of ether oxygens (including phenoxy) is 1. The van der Waals surface area contributed by atoms with Crippen molar-refractivity contribution in [1.82, 2.24) is 19.8 Å².